The van der Waals surface area contributed by atoms with Crippen molar-refractivity contribution in [2.24, 2.45) is 0 Å². The van der Waals surface area contributed by atoms with E-state index in [1.165, 1.54) is 4.90 Å². The van der Waals surface area contributed by atoms with Crippen molar-refractivity contribution in [3.8, 4) is 5.75 Å². The molecule has 2 N–H and O–H groups in total. The van der Waals surface area contributed by atoms with Crippen LogP contribution in [0.1, 0.15) is 17.3 Å². The maximum Gasteiger partial charge on any atom is 0.255 e. The highest BCUT2D eigenvalue weighted by molar-refractivity contribution is 6.01. The van der Waals surface area contributed by atoms with Gasteiger partial charge in [-0.1, -0.05) is 6.07 Å². The summed E-state index contributed by atoms with van der Waals surface area (Å²) in [4.78, 5) is 25.5. The van der Waals surface area contributed by atoms with Gasteiger partial charge in [0, 0.05) is 20.6 Å². The van der Waals surface area contributed by atoms with Gasteiger partial charge < -0.3 is 20.3 Å². The molecule has 2 amide bonds. The molecule has 0 spiro atoms. The molecular formula is C14H19N3O3. The Labute approximate surface area is 118 Å². The van der Waals surface area contributed by atoms with Gasteiger partial charge in [0.25, 0.3) is 5.91 Å². The quantitative estimate of drug-likeness (QED) is 0.853. The van der Waals surface area contributed by atoms with E-state index in [-0.39, 0.29) is 11.8 Å². The van der Waals surface area contributed by atoms with Crippen LogP contribution in [0.5, 0.6) is 5.75 Å². The second kappa shape index (κ2) is 5.81. The second-order valence-corrected chi connectivity index (χ2v) is 4.89. The molecule has 0 bridgehead atoms. The van der Waals surface area contributed by atoms with Crippen LogP contribution in [0.4, 0.5) is 5.69 Å². The fourth-order valence-corrected chi connectivity index (χ4v) is 2.07. The van der Waals surface area contributed by atoms with Gasteiger partial charge in [-0.2, -0.15) is 0 Å². The van der Waals surface area contributed by atoms with Crippen molar-refractivity contribution >= 4 is 17.5 Å². The summed E-state index contributed by atoms with van der Waals surface area (Å²) in [5, 5.41) is 5.86. The molecule has 0 saturated carbocycles. The molecule has 1 aromatic carbocycles. The van der Waals surface area contributed by atoms with Gasteiger partial charge in [0.2, 0.25) is 5.91 Å². The van der Waals surface area contributed by atoms with Crippen LogP contribution in [0.15, 0.2) is 18.2 Å². The number of nitrogens with one attached hydrogen (secondary N) is 2. The largest absolute Gasteiger partial charge is 0.489 e. The summed E-state index contributed by atoms with van der Waals surface area (Å²) in [5.41, 5.74) is 1.24. The Morgan fingerprint density at radius 3 is 2.85 bits per heavy atom. The van der Waals surface area contributed by atoms with Crippen LogP contribution in [-0.2, 0) is 4.79 Å². The average Bonchev–Trinajstić information content (AvgIpc) is 2.45. The number of benzene rings is 1. The molecular weight excluding hydrogens is 258 g/mol. The van der Waals surface area contributed by atoms with Crippen molar-refractivity contribution in [1.82, 2.24) is 10.2 Å². The second-order valence-electron chi connectivity index (χ2n) is 4.89. The number of anilines is 1. The molecule has 1 aliphatic heterocycles. The maximum atomic E-state index is 12.3. The first-order chi connectivity index (χ1) is 9.50. The number of likely N-dealkylation sites (N-methyl/N-ethyl adjacent to an activating group) is 1. The number of amides is 2. The minimum Gasteiger partial charge on any atom is -0.489 e. The Morgan fingerprint density at radius 2 is 2.15 bits per heavy atom. The lowest BCUT2D eigenvalue weighted by atomic mass is 10.1. The molecule has 0 saturated heterocycles. The molecule has 20 heavy (non-hydrogen) atoms. The van der Waals surface area contributed by atoms with Gasteiger partial charge >= 0.3 is 0 Å². The molecule has 1 atom stereocenters. The highest BCUT2D eigenvalue weighted by Gasteiger charge is 2.22. The molecule has 0 fully saturated rings. The van der Waals surface area contributed by atoms with Crippen molar-refractivity contribution in [1.29, 1.82) is 0 Å². The number of para-hydroxylation sites is 1. The van der Waals surface area contributed by atoms with E-state index in [9.17, 15) is 9.59 Å². The van der Waals surface area contributed by atoms with E-state index < -0.39 is 6.04 Å². The molecule has 1 unspecified atom stereocenters. The molecule has 1 heterocycles. The van der Waals surface area contributed by atoms with Crippen LogP contribution in [0.2, 0.25) is 0 Å². The van der Waals surface area contributed by atoms with E-state index >= 15 is 0 Å². The Hall–Kier alpha value is -2.24. The fraction of sp³-hybridized carbons (Fsp3) is 0.429. The number of carbonyl (C=O) groups excluding carboxylic acids is 2. The van der Waals surface area contributed by atoms with Crippen LogP contribution in [0, 0.1) is 0 Å². The van der Waals surface area contributed by atoms with Gasteiger partial charge in [-0.25, -0.2) is 0 Å². The van der Waals surface area contributed by atoms with Crippen molar-refractivity contribution in [3.05, 3.63) is 23.8 Å². The number of rotatable bonds is 3. The normalized spacial score (nSPS) is 14.3. The van der Waals surface area contributed by atoms with Crippen LogP contribution < -0.4 is 15.4 Å². The van der Waals surface area contributed by atoms with Gasteiger partial charge in [-0.3, -0.25) is 9.59 Å². The first-order valence-corrected chi connectivity index (χ1v) is 6.52. The zero-order chi connectivity index (χ0) is 14.7. The van der Waals surface area contributed by atoms with Crippen molar-refractivity contribution in [2.45, 2.75) is 13.0 Å². The van der Waals surface area contributed by atoms with Gasteiger partial charge in [-0.15, -0.1) is 0 Å². The molecule has 6 heteroatoms. The van der Waals surface area contributed by atoms with E-state index in [1.54, 1.807) is 33.2 Å². The Morgan fingerprint density at radius 1 is 1.40 bits per heavy atom. The lowest BCUT2D eigenvalue weighted by molar-refractivity contribution is -0.130. The first kappa shape index (κ1) is 14.2. The predicted octanol–water partition coefficient (Wildman–Crippen LogP) is 0.697. The zero-order valence-electron chi connectivity index (χ0n) is 11.9. The maximum absolute atomic E-state index is 12.3. The Kier molecular flexibility index (Phi) is 4.12. The lowest BCUT2D eigenvalue weighted by Crippen LogP contribution is -2.44. The Balaban J connectivity index is 2.16. The number of fused-ring (bicyclic) bond motifs is 1. The molecule has 0 aliphatic carbocycles. The highest BCUT2D eigenvalue weighted by atomic mass is 16.5. The topological polar surface area (TPSA) is 70.7 Å². The van der Waals surface area contributed by atoms with Gasteiger partial charge in [-0.05, 0) is 19.1 Å². The van der Waals surface area contributed by atoms with Crippen LogP contribution >= 0.6 is 0 Å². The number of hydrogen-bond donors (Lipinski definition) is 2. The molecule has 1 aromatic rings. The third-order valence-corrected chi connectivity index (χ3v) is 3.08. The Bertz CT molecular complexity index is 528. The summed E-state index contributed by atoms with van der Waals surface area (Å²) in [7, 11) is 3.31. The zero-order valence-corrected chi connectivity index (χ0v) is 11.9. The minimum absolute atomic E-state index is 0.151. The number of carbonyl (C=O) groups is 2. The van der Waals surface area contributed by atoms with Crippen molar-refractivity contribution in [2.75, 3.05) is 32.6 Å². The monoisotopic (exact) mass is 277 g/mol. The predicted molar refractivity (Wildman–Crippen MR) is 76.0 cm³/mol. The third kappa shape index (κ3) is 2.84. The lowest BCUT2D eigenvalue weighted by Gasteiger charge is -2.22. The number of hydrogen-bond acceptors (Lipinski definition) is 4. The van der Waals surface area contributed by atoms with Crippen molar-refractivity contribution in [3.63, 3.8) is 0 Å². The first-order valence-electron chi connectivity index (χ1n) is 6.52. The molecule has 1 aliphatic rings. The summed E-state index contributed by atoms with van der Waals surface area (Å²) in [5.74, 6) is 0.0798. The van der Waals surface area contributed by atoms with E-state index in [0.29, 0.717) is 24.5 Å². The standard InChI is InChI=1S/C14H19N3O3/c1-9(14(19)17(2)3)16-13(18)10-5-4-6-11-12(10)20-8-7-15-11/h4-6,9,15H,7-8H2,1-3H3,(H,16,18). The van der Waals surface area contributed by atoms with E-state index in [0.717, 1.165) is 5.69 Å². The smallest absolute Gasteiger partial charge is 0.255 e. The molecule has 2 rings (SSSR count). The molecule has 0 aromatic heterocycles. The fourth-order valence-electron chi connectivity index (χ4n) is 2.07. The third-order valence-electron chi connectivity index (χ3n) is 3.08. The summed E-state index contributed by atoms with van der Waals surface area (Å²) in [6.45, 7) is 2.89. The molecule has 108 valence electrons. The molecule has 0 radical (unpaired) electrons. The van der Waals surface area contributed by atoms with E-state index in [2.05, 4.69) is 10.6 Å². The van der Waals surface area contributed by atoms with Gasteiger partial charge in [0.05, 0.1) is 11.3 Å². The van der Waals surface area contributed by atoms with E-state index in [1.807, 2.05) is 6.07 Å². The minimum atomic E-state index is -0.579. The summed E-state index contributed by atoms with van der Waals surface area (Å²) in [6, 6.07) is 4.76. The van der Waals surface area contributed by atoms with Gasteiger partial charge in [0.1, 0.15) is 12.6 Å². The summed E-state index contributed by atoms with van der Waals surface area (Å²) < 4.78 is 5.55. The van der Waals surface area contributed by atoms with E-state index in [4.69, 9.17) is 4.74 Å². The summed E-state index contributed by atoms with van der Waals surface area (Å²) in [6.07, 6.45) is 0. The summed E-state index contributed by atoms with van der Waals surface area (Å²) >= 11 is 0. The van der Waals surface area contributed by atoms with Gasteiger partial charge in [0.15, 0.2) is 5.75 Å². The molecule has 6 nitrogen and oxygen atoms in total. The number of nitrogens with zero attached hydrogens (tertiary/aromatic N) is 1. The van der Waals surface area contributed by atoms with Crippen LogP contribution in [0.25, 0.3) is 0 Å². The number of ether oxygens (including phenoxy) is 1. The SMILES string of the molecule is CC(NC(=O)c1cccc2c1OCCN2)C(=O)N(C)C. The average molecular weight is 277 g/mol. The highest BCUT2D eigenvalue weighted by Crippen LogP contribution is 2.31. The van der Waals surface area contributed by atoms with Crippen LogP contribution in [0.3, 0.4) is 0 Å². The van der Waals surface area contributed by atoms with Crippen molar-refractivity contribution < 1.29 is 14.3 Å². The van der Waals surface area contributed by atoms with Crippen LogP contribution in [-0.4, -0.2) is 50.0 Å².